The minimum Gasteiger partial charge on any atom is -0.258 e. The van der Waals surface area contributed by atoms with E-state index in [2.05, 4.69) is 22.9 Å². The zero-order valence-corrected chi connectivity index (χ0v) is 13.2. The van der Waals surface area contributed by atoms with Gasteiger partial charge in [0, 0.05) is 21.5 Å². The first-order valence-corrected chi connectivity index (χ1v) is 7.83. The van der Waals surface area contributed by atoms with Crippen LogP contribution in [0.5, 0.6) is 0 Å². The summed E-state index contributed by atoms with van der Waals surface area (Å²) in [6.45, 7) is 2.25. The maximum absolute atomic E-state index is 11.1. The van der Waals surface area contributed by atoms with Gasteiger partial charge in [0.15, 0.2) is 0 Å². The average molecular weight is 347 g/mol. The van der Waals surface area contributed by atoms with Crippen LogP contribution in [-0.4, -0.2) is 9.75 Å². The van der Waals surface area contributed by atoms with Crippen LogP contribution in [0.4, 0.5) is 5.69 Å². The highest BCUT2D eigenvalue weighted by Crippen LogP contribution is 2.37. The van der Waals surface area contributed by atoms with Crippen LogP contribution >= 0.6 is 27.5 Å². The van der Waals surface area contributed by atoms with Crippen molar-refractivity contribution in [2.75, 3.05) is 0 Å². The Labute approximate surface area is 126 Å². The quantitative estimate of drug-likeness (QED) is 0.439. The van der Waals surface area contributed by atoms with Crippen molar-refractivity contribution in [3.05, 3.63) is 38.9 Å². The number of alkyl halides is 1. The predicted octanol–water partition coefficient (Wildman–Crippen LogP) is 4.99. The van der Waals surface area contributed by atoms with Crippen molar-refractivity contribution >= 4 is 33.2 Å². The smallest absolute Gasteiger partial charge is 0.258 e. The molecule has 1 aliphatic rings. The number of halogens is 2. The maximum Gasteiger partial charge on any atom is 0.274 e. The molecule has 1 aliphatic carbocycles. The van der Waals surface area contributed by atoms with Crippen molar-refractivity contribution in [2.24, 2.45) is 11.8 Å². The van der Waals surface area contributed by atoms with Crippen LogP contribution in [0.15, 0.2) is 18.2 Å². The lowest BCUT2D eigenvalue weighted by Crippen LogP contribution is -2.25. The molecule has 3 nitrogen and oxygen atoms in total. The summed E-state index contributed by atoms with van der Waals surface area (Å²) in [6.07, 6.45) is 4.24. The minimum absolute atomic E-state index is 0.144. The Balaban J connectivity index is 2.20. The van der Waals surface area contributed by atoms with E-state index in [0.29, 0.717) is 21.7 Å². The molecule has 0 aromatic heterocycles. The Morgan fingerprint density at radius 1 is 1.47 bits per heavy atom. The second-order valence-electron chi connectivity index (χ2n) is 5.43. The average Bonchev–Trinajstić information content (AvgIpc) is 2.35. The van der Waals surface area contributed by atoms with E-state index < -0.39 is 0 Å². The van der Waals surface area contributed by atoms with Crippen LogP contribution in [0, 0.1) is 22.0 Å². The van der Waals surface area contributed by atoms with Gasteiger partial charge in [-0.1, -0.05) is 40.5 Å². The van der Waals surface area contributed by atoms with Gasteiger partial charge in [0.05, 0.1) is 4.92 Å². The van der Waals surface area contributed by atoms with Gasteiger partial charge in [-0.15, -0.1) is 0 Å². The van der Waals surface area contributed by atoms with E-state index in [-0.39, 0.29) is 10.6 Å². The SMILES string of the molecule is CC1CCC(Br)C(Cc2ccc(Cl)cc2[N+](=O)[O-])C1. The zero-order valence-electron chi connectivity index (χ0n) is 10.8. The Bertz CT molecular complexity index is 481. The van der Waals surface area contributed by atoms with Gasteiger partial charge in [0.1, 0.15) is 0 Å². The highest BCUT2D eigenvalue weighted by molar-refractivity contribution is 9.09. The molecular formula is C14H17BrClNO2. The summed E-state index contributed by atoms with van der Waals surface area (Å²) in [5.74, 6) is 1.16. The fourth-order valence-corrected chi connectivity index (χ4v) is 3.67. The molecule has 0 radical (unpaired) electrons. The third kappa shape index (κ3) is 3.69. The summed E-state index contributed by atoms with van der Waals surface area (Å²) < 4.78 is 0. The topological polar surface area (TPSA) is 43.1 Å². The number of rotatable bonds is 3. The Morgan fingerprint density at radius 2 is 2.21 bits per heavy atom. The molecule has 0 heterocycles. The number of nitro groups is 1. The summed E-state index contributed by atoms with van der Waals surface area (Å²) >= 11 is 9.56. The Hall–Kier alpha value is -0.610. The fourth-order valence-electron chi connectivity index (χ4n) is 2.84. The second-order valence-corrected chi connectivity index (χ2v) is 7.04. The van der Waals surface area contributed by atoms with E-state index >= 15 is 0 Å². The number of hydrogen-bond acceptors (Lipinski definition) is 2. The van der Waals surface area contributed by atoms with Gasteiger partial charge < -0.3 is 0 Å². The van der Waals surface area contributed by atoms with Crippen molar-refractivity contribution in [2.45, 2.75) is 37.4 Å². The highest BCUT2D eigenvalue weighted by Gasteiger charge is 2.28. The van der Waals surface area contributed by atoms with E-state index in [9.17, 15) is 10.1 Å². The molecule has 0 saturated heterocycles. The van der Waals surface area contributed by atoms with Gasteiger partial charge in [-0.3, -0.25) is 10.1 Å². The van der Waals surface area contributed by atoms with Crippen LogP contribution in [0.3, 0.4) is 0 Å². The third-order valence-corrected chi connectivity index (χ3v) is 5.32. The van der Waals surface area contributed by atoms with Crippen molar-refractivity contribution in [1.82, 2.24) is 0 Å². The molecule has 104 valence electrons. The van der Waals surface area contributed by atoms with Gasteiger partial charge in [0.2, 0.25) is 0 Å². The lowest BCUT2D eigenvalue weighted by atomic mass is 9.79. The molecular weight excluding hydrogens is 330 g/mol. The monoisotopic (exact) mass is 345 g/mol. The number of benzene rings is 1. The summed E-state index contributed by atoms with van der Waals surface area (Å²) in [7, 11) is 0. The van der Waals surface area contributed by atoms with Crippen LogP contribution in [0.1, 0.15) is 31.7 Å². The molecule has 5 heteroatoms. The van der Waals surface area contributed by atoms with Crippen LogP contribution in [0.25, 0.3) is 0 Å². The molecule has 0 bridgehead atoms. The van der Waals surface area contributed by atoms with Crippen LogP contribution < -0.4 is 0 Å². The number of nitro benzene ring substituents is 1. The van der Waals surface area contributed by atoms with Crippen molar-refractivity contribution in [3.8, 4) is 0 Å². The van der Waals surface area contributed by atoms with Crippen molar-refractivity contribution < 1.29 is 4.92 Å². The lowest BCUT2D eigenvalue weighted by molar-refractivity contribution is -0.385. The highest BCUT2D eigenvalue weighted by atomic mass is 79.9. The first kappa shape index (κ1) is 14.8. The number of nitrogens with zero attached hydrogens (tertiary/aromatic N) is 1. The van der Waals surface area contributed by atoms with Gasteiger partial charge in [-0.25, -0.2) is 0 Å². The second kappa shape index (κ2) is 6.23. The molecule has 0 spiro atoms. The molecule has 3 unspecified atom stereocenters. The van der Waals surface area contributed by atoms with Gasteiger partial charge in [-0.2, -0.15) is 0 Å². The number of hydrogen-bond donors (Lipinski definition) is 0. The standard InChI is InChI=1S/C14H17BrClNO2/c1-9-2-5-13(15)11(6-9)7-10-3-4-12(16)8-14(10)17(18)19/h3-4,8-9,11,13H,2,5-7H2,1H3. The molecule has 1 aromatic rings. The van der Waals surface area contributed by atoms with E-state index in [1.165, 1.54) is 12.5 Å². The molecule has 3 atom stereocenters. The molecule has 19 heavy (non-hydrogen) atoms. The Kier molecular flexibility index (Phi) is 4.85. The molecule has 0 amide bonds. The van der Waals surface area contributed by atoms with Crippen molar-refractivity contribution in [1.29, 1.82) is 0 Å². The normalized spacial score (nSPS) is 27.2. The fraction of sp³-hybridized carbons (Fsp3) is 0.571. The minimum atomic E-state index is -0.337. The van der Waals surface area contributed by atoms with Gasteiger partial charge >= 0.3 is 0 Å². The first-order valence-electron chi connectivity index (χ1n) is 6.54. The summed E-state index contributed by atoms with van der Waals surface area (Å²) in [5, 5.41) is 11.5. The van der Waals surface area contributed by atoms with Gasteiger partial charge in [-0.05, 0) is 43.6 Å². The van der Waals surface area contributed by atoms with Crippen molar-refractivity contribution in [3.63, 3.8) is 0 Å². The van der Waals surface area contributed by atoms with E-state index in [4.69, 9.17) is 11.6 Å². The first-order chi connectivity index (χ1) is 8.97. The maximum atomic E-state index is 11.1. The van der Waals surface area contributed by atoms with Gasteiger partial charge in [0.25, 0.3) is 5.69 Å². The summed E-state index contributed by atoms with van der Waals surface area (Å²) in [4.78, 5) is 11.2. The zero-order chi connectivity index (χ0) is 14.0. The van der Waals surface area contributed by atoms with Crippen LogP contribution in [-0.2, 0) is 6.42 Å². The molecule has 0 aliphatic heterocycles. The summed E-state index contributed by atoms with van der Waals surface area (Å²) in [5.41, 5.74) is 0.934. The molecule has 1 saturated carbocycles. The molecule has 2 rings (SSSR count). The summed E-state index contributed by atoms with van der Waals surface area (Å²) in [6, 6.07) is 4.98. The predicted molar refractivity (Wildman–Crippen MR) is 81.0 cm³/mol. The van der Waals surface area contributed by atoms with E-state index in [1.54, 1.807) is 12.1 Å². The van der Waals surface area contributed by atoms with E-state index in [1.807, 2.05) is 0 Å². The van der Waals surface area contributed by atoms with Crippen LogP contribution in [0.2, 0.25) is 5.02 Å². The third-order valence-electron chi connectivity index (χ3n) is 3.88. The molecule has 1 fully saturated rings. The lowest BCUT2D eigenvalue weighted by Gasteiger charge is -2.31. The molecule has 0 N–H and O–H groups in total. The Morgan fingerprint density at radius 3 is 2.89 bits per heavy atom. The van der Waals surface area contributed by atoms with E-state index in [0.717, 1.165) is 24.8 Å². The molecule has 1 aromatic carbocycles. The largest absolute Gasteiger partial charge is 0.274 e.